The lowest BCUT2D eigenvalue weighted by atomic mass is 10.1. The summed E-state index contributed by atoms with van der Waals surface area (Å²) in [7, 11) is 0. The summed E-state index contributed by atoms with van der Waals surface area (Å²) in [5.74, 6) is -0.0914. The Labute approximate surface area is 82.1 Å². The zero-order valence-corrected chi connectivity index (χ0v) is 7.94. The van der Waals surface area contributed by atoms with Gasteiger partial charge in [0.25, 0.3) is 0 Å². The number of rotatable bonds is 3. The molecule has 0 fully saturated rings. The van der Waals surface area contributed by atoms with Gasteiger partial charge < -0.3 is 15.4 Å². The second kappa shape index (κ2) is 4.50. The maximum Gasteiger partial charge on any atom is 0.128 e. The molecule has 0 unspecified atom stereocenters. The van der Waals surface area contributed by atoms with E-state index in [1.165, 1.54) is 18.2 Å². The van der Waals surface area contributed by atoms with Crippen molar-refractivity contribution in [1.82, 2.24) is 0 Å². The largest absolute Gasteiger partial charge is 0.508 e. The van der Waals surface area contributed by atoms with Crippen molar-refractivity contribution in [3.63, 3.8) is 0 Å². The maximum absolute atomic E-state index is 9.47. The molecule has 1 rings (SSSR count). The molecule has 0 saturated carbocycles. The first-order valence-electron chi connectivity index (χ1n) is 4.42. The molecular weight excluding hydrogens is 182 g/mol. The van der Waals surface area contributed by atoms with E-state index < -0.39 is 0 Å². The van der Waals surface area contributed by atoms with Gasteiger partial charge in [-0.2, -0.15) is 0 Å². The molecule has 1 aromatic rings. The fourth-order valence-corrected chi connectivity index (χ4v) is 1.24. The summed E-state index contributed by atoms with van der Waals surface area (Å²) in [6, 6.07) is 4.18. The molecule has 76 valence electrons. The van der Waals surface area contributed by atoms with Gasteiger partial charge in [-0.25, -0.2) is 0 Å². The molecule has 14 heavy (non-hydrogen) atoms. The minimum absolute atomic E-state index is 0.0139. The van der Waals surface area contributed by atoms with Gasteiger partial charge in [-0.1, -0.05) is 18.5 Å². The first kappa shape index (κ1) is 10.4. The number of benzene rings is 1. The van der Waals surface area contributed by atoms with Crippen molar-refractivity contribution in [3.8, 4) is 11.5 Å². The van der Waals surface area contributed by atoms with Gasteiger partial charge in [-0.3, -0.25) is 0 Å². The summed E-state index contributed by atoms with van der Waals surface area (Å²) in [5, 5.41) is 30.4. The molecule has 0 saturated heterocycles. The molecule has 0 atom stereocenters. The van der Waals surface area contributed by atoms with Crippen LogP contribution in [0, 0.1) is 0 Å². The first-order chi connectivity index (χ1) is 6.69. The number of aromatic hydroxyl groups is 2. The Morgan fingerprint density at radius 2 is 2.07 bits per heavy atom. The predicted molar refractivity (Wildman–Crippen MR) is 53.0 cm³/mol. The second-order valence-electron chi connectivity index (χ2n) is 3.00. The quantitative estimate of drug-likeness (QED) is 0.392. The van der Waals surface area contributed by atoms with Crippen LogP contribution in [-0.2, 0) is 0 Å². The molecule has 0 aromatic heterocycles. The zero-order valence-electron chi connectivity index (χ0n) is 7.94. The van der Waals surface area contributed by atoms with Crippen molar-refractivity contribution in [1.29, 1.82) is 0 Å². The number of phenolic OH excluding ortho intramolecular Hbond substituents is 2. The highest BCUT2D eigenvalue weighted by atomic mass is 16.4. The second-order valence-corrected chi connectivity index (χ2v) is 3.00. The highest BCUT2D eigenvalue weighted by Crippen LogP contribution is 2.24. The highest BCUT2D eigenvalue weighted by Gasteiger charge is 2.09. The van der Waals surface area contributed by atoms with Gasteiger partial charge in [0.2, 0.25) is 0 Å². The molecule has 0 aliphatic heterocycles. The fraction of sp³-hybridized carbons (Fsp3) is 0.300. The van der Waals surface area contributed by atoms with Gasteiger partial charge in [0.15, 0.2) is 0 Å². The van der Waals surface area contributed by atoms with Crippen LogP contribution in [-0.4, -0.2) is 21.1 Å². The van der Waals surface area contributed by atoms with Gasteiger partial charge in [0.05, 0.1) is 5.71 Å². The van der Waals surface area contributed by atoms with Gasteiger partial charge in [0, 0.05) is 11.6 Å². The predicted octanol–water partition coefficient (Wildman–Crippen LogP) is 2.08. The third-order valence-electron chi connectivity index (χ3n) is 1.90. The topological polar surface area (TPSA) is 73.1 Å². The fourth-order valence-electron chi connectivity index (χ4n) is 1.24. The van der Waals surface area contributed by atoms with Gasteiger partial charge >= 0.3 is 0 Å². The Morgan fingerprint density at radius 1 is 1.36 bits per heavy atom. The van der Waals surface area contributed by atoms with Crippen molar-refractivity contribution >= 4 is 5.71 Å². The number of nitrogens with zero attached hydrogens (tertiary/aromatic N) is 1. The van der Waals surface area contributed by atoms with Gasteiger partial charge in [-0.05, 0) is 18.6 Å². The van der Waals surface area contributed by atoms with Crippen LogP contribution >= 0.6 is 0 Å². The molecule has 3 N–H and O–H groups in total. The van der Waals surface area contributed by atoms with Crippen molar-refractivity contribution < 1.29 is 15.4 Å². The third-order valence-corrected chi connectivity index (χ3v) is 1.90. The Hall–Kier alpha value is -1.71. The molecular formula is C10H13NO3. The highest BCUT2D eigenvalue weighted by molar-refractivity contribution is 6.02. The van der Waals surface area contributed by atoms with E-state index >= 15 is 0 Å². The molecule has 0 aliphatic rings. The van der Waals surface area contributed by atoms with Crippen LogP contribution in [0.5, 0.6) is 11.5 Å². The number of hydrogen-bond donors (Lipinski definition) is 3. The van der Waals surface area contributed by atoms with E-state index in [2.05, 4.69) is 5.16 Å². The van der Waals surface area contributed by atoms with Crippen molar-refractivity contribution in [2.45, 2.75) is 19.8 Å². The summed E-state index contributed by atoms with van der Waals surface area (Å²) in [6.45, 7) is 1.95. The van der Waals surface area contributed by atoms with Crippen LogP contribution in [0.2, 0.25) is 0 Å². The number of phenols is 2. The van der Waals surface area contributed by atoms with Crippen LogP contribution < -0.4 is 0 Å². The summed E-state index contributed by atoms with van der Waals surface area (Å²) >= 11 is 0. The minimum Gasteiger partial charge on any atom is -0.508 e. The summed E-state index contributed by atoms with van der Waals surface area (Å²) in [4.78, 5) is 0. The Balaban J connectivity index is 3.05. The maximum atomic E-state index is 9.47. The average molecular weight is 195 g/mol. The monoisotopic (exact) mass is 195 g/mol. The van der Waals surface area contributed by atoms with E-state index in [0.717, 1.165) is 6.42 Å². The van der Waals surface area contributed by atoms with E-state index in [4.69, 9.17) is 10.3 Å². The third kappa shape index (κ3) is 2.16. The standard InChI is InChI=1S/C10H13NO3/c1-2-3-9(11-14)8-5-4-7(12)6-10(8)13/h4-6,12-14H,2-3H2,1H3/b11-9-. The van der Waals surface area contributed by atoms with E-state index in [1.54, 1.807) is 0 Å². The molecule has 0 aliphatic carbocycles. The minimum atomic E-state index is -0.0775. The van der Waals surface area contributed by atoms with Crippen LogP contribution in [0.25, 0.3) is 0 Å². The lowest BCUT2D eigenvalue weighted by molar-refractivity contribution is 0.317. The molecule has 1 aromatic carbocycles. The summed E-state index contributed by atoms with van der Waals surface area (Å²) < 4.78 is 0. The first-order valence-corrected chi connectivity index (χ1v) is 4.42. The molecule has 0 amide bonds. The van der Waals surface area contributed by atoms with E-state index in [9.17, 15) is 5.11 Å². The van der Waals surface area contributed by atoms with Crippen molar-refractivity contribution in [2.24, 2.45) is 5.16 Å². The van der Waals surface area contributed by atoms with Crippen molar-refractivity contribution in [2.75, 3.05) is 0 Å². The summed E-state index contributed by atoms with van der Waals surface area (Å²) in [6.07, 6.45) is 1.40. The molecule has 0 bridgehead atoms. The molecule has 4 nitrogen and oxygen atoms in total. The van der Waals surface area contributed by atoms with Crippen LogP contribution in [0.15, 0.2) is 23.4 Å². The van der Waals surface area contributed by atoms with Crippen LogP contribution in [0.1, 0.15) is 25.3 Å². The molecule has 4 heteroatoms. The number of hydrogen-bond acceptors (Lipinski definition) is 4. The van der Waals surface area contributed by atoms with Crippen molar-refractivity contribution in [3.05, 3.63) is 23.8 Å². The van der Waals surface area contributed by atoms with Gasteiger partial charge in [0.1, 0.15) is 11.5 Å². The SMILES string of the molecule is CCC/C(=N/O)c1ccc(O)cc1O. The van der Waals surface area contributed by atoms with E-state index in [1.807, 2.05) is 6.92 Å². The Morgan fingerprint density at radius 3 is 2.57 bits per heavy atom. The van der Waals surface area contributed by atoms with Crippen LogP contribution in [0.4, 0.5) is 0 Å². The zero-order chi connectivity index (χ0) is 10.6. The van der Waals surface area contributed by atoms with E-state index in [0.29, 0.717) is 17.7 Å². The lowest BCUT2D eigenvalue weighted by Gasteiger charge is -2.05. The van der Waals surface area contributed by atoms with Crippen LogP contribution in [0.3, 0.4) is 0 Å². The number of oxime groups is 1. The average Bonchev–Trinajstić information content (AvgIpc) is 2.15. The smallest absolute Gasteiger partial charge is 0.128 e. The Bertz CT molecular complexity index is 347. The Kier molecular flexibility index (Phi) is 3.34. The normalized spacial score (nSPS) is 11.6. The molecule has 0 heterocycles. The molecule has 0 spiro atoms. The van der Waals surface area contributed by atoms with Gasteiger partial charge in [-0.15, -0.1) is 0 Å². The summed E-state index contributed by atoms with van der Waals surface area (Å²) in [5.41, 5.74) is 0.872. The molecule has 0 radical (unpaired) electrons. The lowest BCUT2D eigenvalue weighted by Crippen LogP contribution is -2.00. The van der Waals surface area contributed by atoms with E-state index in [-0.39, 0.29) is 11.5 Å².